The lowest BCUT2D eigenvalue weighted by molar-refractivity contribution is 0.0199. The van der Waals surface area contributed by atoms with Gasteiger partial charge in [-0.1, -0.05) is 31.2 Å². The van der Waals surface area contributed by atoms with Crippen LogP contribution in [0.2, 0.25) is 30.7 Å². The average Bonchev–Trinajstić information content (AvgIpc) is 3.14. The molecule has 196 valence electrons. The van der Waals surface area contributed by atoms with Crippen LogP contribution in [-0.4, -0.2) is 65.9 Å². The van der Waals surface area contributed by atoms with Gasteiger partial charge in [-0.15, -0.1) is 0 Å². The topological polar surface area (TPSA) is 109 Å². The van der Waals surface area contributed by atoms with Crippen LogP contribution >= 0.6 is 11.6 Å². The number of likely N-dealkylation sites (tertiary alicyclic amines) is 1. The molecular weight excluding hydrogens is 498 g/mol. The fourth-order valence-corrected chi connectivity index (χ4v) is 4.85. The second-order valence-electron chi connectivity index (χ2n) is 11.3. The number of hydrogen-bond acceptors (Lipinski definition) is 6. The number of fused-ring (bicyclic) bond motifs is 1. The molecule has 0 unspecified atom stereocenters. The summed E-state index contributed by atoms with van der Waals surface area (Å²) in [5.41, 5.74) is 0.677. The molecule has 0 saturated carbocycles. The normalized spacial score (nSPS) is 15.1. The molecule has 1 aromatic carbocycles. The van der Waals surface area contributed by atoms with Crippen molar-refractivity contribution >= 4 is 42.7 Å². The van der Waals surface area contributed by atoms with E-state index in [2.05, 4.69) is 36.0 Å². The molecule has 1 N–H and O–H groups in total. The van der Waals surface area contributed by atoms with Gasteiger partial charge in [0.05, 0.1) is 16.1 Å². The van der Waals surface area contributed by atoms with Crippen LogP contribution in [0.5, 0.6) is 0 Å². The molecule has 1 aliphatic rings. The summed E-state index contributed by atoms with van der Waals surface area (Å²) in [6, 6.07) is 6.36. The highest BCUT2D eigenvalue weighted by Gasteiger charge is 2.29. The Morgan fingerprint density at radius 1 is 1.25 bits per heavy atom. The standard InChI is InChI=1S/C25H36ClN5O4Si/c1-25(2,3)35-24(33)30-11-9-17(10-12-30)28-23(32)22-29-21-18(15-27)19(26)7-8-20(21)31(22)16-34-13-14-36(4,5)6/h7-8,17H,9-14,16H2,1-6H3,(H,28,32). The summed E-state index contributed by atoms with van der Waals surface area (Å²) in [6.45, 7) is 14.0. The van der Waals surface area contributed by atoms with Crippen molar-refractivity contribution in [1.82, 2.24) is 19.8 Å². The number of ether oxygens (including phenoxy) is 2. The number of halogens is 1. The Kier molecular flexibility index (Phi) is 8.70. The summed E-state index contributed by atoms with van der Waals surface area (Å²) in [7, 11) is -1.27. The molecule has 2 amide bonds. The number of nitrogens with one attached hydrogen (secondary N) is 1. The molecule has 36 heavy (non-hydrogen) atoms. The second-order valence-corrected chi connectivity index (χ2v) is 17.4. The molecule has 9 nitrogen and oxygen atoms in total. The first-order valence-electron chi connectivity index (χ1n) is 12.2. The van der Waals surface area contributed by atoms with E-state index in [4.69, 9.17) is 21.1 Å². The molecular formula is C25H36ClN5O4Si. The van der Waals surface area contributed by atoms with Gasteiger partial charge in [0, 0.05) is 33.8 Å². The average molecular weight is 534 g/mol. The molecule has 0 aliphatic carbocycles. The van der Waals surface area contributed by atoms with Crippen LogP contribution in [0, 0.1) is 11.3 Å². The monoisotopic (exact) mass is 533 g/mol. The Labute approximate surface area is 218 Å². The van der Waals surface area contributed by atoms with Gasteiger partial charge in [-0.3, -0.25) is 9.36 Å². The maximum absolute atomic E-state index is 13.3. The molecule has 1 aromatic heterocycles. The molecule has 3 rings (SSSR count). The van der Waals surface area contributed by atoms with Crippen LogP contribution in [-0.2, 0) is 16.2 Å². The van der Waals surface area contributed by atoms with Gasteiger partial charge in [0.25, 0.3) is 5.91 Å². The number of amides is 2. The maximum atomic E-state index is 13.3. The molecule has 2 heterocycles. The summed E-state index contributed by atoms with van der Waals surface area (Å²) in [5, 5.41) is 12.9. The Balaban J connectivity index is 1.74. The third-order valence-electron chi connectivity index (χ3n) is 5.88. The van der Waals surface area contributed by atoms with Crippen molar-refractivity contribution in [1.29, 1.82) is 5.26 Å². The van der Waals surface area contributed by atoms with Crippen LogP contribution in [0.4, 0.5) is 4.79 Å². The summed E-state index contributed by atoms with van der Waals surface area (Å²) >= 11 is 6.21. The smallest absolute Gasteiger partial charge is 0.410 e. The molecule has 0 radical (unpaired) electrons. The molecule has 0 atom stereocenters. The van der Waals surface area contributed by atoms with E-state index in [9.17, 15) is 14.9 Å². The van der Waals surface area contributed by atoms with E-state index in [1.54, 1.807) is 21.6 Å². The molecule has 0 bridgehead atoms. The number of benzene rings is 1. The van der Waals surface area contributed by atoms with E-state index in [-0.39, 0.29) is 41.2 Å². The molecule has 1 aliphatic heterocycles. The Morgan fingerprint density at radius 3 is 2.50 bits per heavy atom. The first-order valence-corrected chi connectivity index (χ1v) is 16.3. The van der Waals surface area contributed by atoms with Gasteiger partial charge in [0.1, 0.15) is 23.9 Å². The lowest BCUT2D eigenvalue weighted by Gasteiger charge is -2.33. The highest BCUT2D eigenvalue weighted by molar-refractivity contribution is 6.76. The van der Waals surface area contributed by atoms with Crippen molar-refractivity contribution in [3.05, 3.63) is 28.5 Å². The van der Waals surface area contributed by atoms with E-state index in [1.165, 1.54) is 0 Å². The minimum Gasteiger partial charge on any atom is -0.444 e. The summed E-state index contributed by atoms with van der Waals surface area (Å²) in [4.78, 5) is 31.8. The number of nitriles is 1. The third kappa shape index (κ3) is 7.21. The number of carbonyl (C=O) groups is 2. The second kappa shape index (κ2) is 11.2. The molecule has 1 saturated heterocycles. The van der Waals surface area contributed by atoms with Crippen molar-refractivity contribution < 1.29 is 19.1 Å². The first-order chi connectivity index (χ1) is 16.8. The van der Waals surface area contributed by atoms with E-state index in [0.29, 0.717) is 43.6 Å². The van der Waals surface area contributed by atoms with Crippen LogP contribution in [0.25, 0.3) is 11.0 Å². The number of aromatic nitrogens is 2. The highest BCUT2D eigenvalue weighted by atomic mass is 35.5. The summed E-state index contributed by atoms with van der Waals surface area (Å²) < 4.78 is 13.1. The number of piperidine rings is 1. The number of carbonyl (C=O) groups excluding carboxylic acids is 2. The lowest BCUT2D eigenvalue weighted by Crippen LogP contribution is -2.48. The van der Waals surface area contributed by atoms with Gasteiger partial charge in [-0.05, 0) is 51.8 Å². The largest absolute Gasteiger partial charge is 0.444 e. The number of hydrogen-bond donors (Lipinski definition) is 1. The summed E-state index contributed by atoms with van der Waals surface area (Å²) in [6.07, 6.45) is 0.867. The van der Waals surface area contributed by atoms with E-state index >= 15 is 0 Å². The van der Waals surface area contributed by atoms with Crippen LogP contribution < -0.4 is 5.32 Å². The predicted molar refractivity (Wildman–Crippen MR) is 142 cm³/mol. The number of imidazole rings is 1. The first kappa shape index (κ1) is 28.0. The van der Waals surface area contributed by atoms with E-state index in [0.717, 1.165) is 6.04 Å². The quantitative estimate of drug-likeness (QED) is 0.396. The van der Waals surface area contributed by atoms with E-state index < -0.39 is 13.7 Å². The van der Waals surface area contributed by atoms with Crippen LogP contribution in [0.15, 0.2) is 12.1 Å². The number of rotatable bonds is 7. The summed E-state index contributed by atoms with van der Waals surface area (Å²) in [5.74, 6) is -0.179. The fraction of sp³-hybridized carbons (Fsp3) is 0.600. The zero-order valence-corrected chi connectivity index (χ0v) is 23.7. The van der Waals surface area contributed by atoms with Crippen molar-refractivity contribution in [2.75, 3.05) is 19.7 Å². The third-order valence-corrected chi connectivity index (χ3v) is 7.90. The van der Waals surface area contributed by atoms with Gasteiger partial charge in [-0.25, -0.2) is 9.78 Å². The lowest BCUT2D eigenvalue weighted by atomic mass is 10.1. The van der Waals surface area contributed by atoms with Crippen molar-refractivity contribution in [3.63, 3.8) is 0 Å². The van der Waals surface area contributed by atoms with Gasteiger partial charge in [0.2, 0.25) is 5.82 Å². The Morgan fingerprint density at radius 2 is 1.92 bits per heavy atom. The van der Waals surface area contributed by atoms with Gasteiger partial charge in [0.15, 0.2) is 0 Å². The minimum atomic E-state index is -1.27. The predicted octanol–water partition coefficient (Wildman–Crippen LogP) is 5.00. The minimum absolute atomic E-state index is 0.115. The molecule has 2 aromatic rings. The fourth-order valence-electron chi connectivity index (χ4n) is 3.89. The van der Waals surface area contributed by atoms with Crippen LogP contribution in [0.3, 0.4) is 0 Å². The van der Waals surface area contributed by atoms with Gasteiger partial charge < -0.3 is 19.7 Å². The van der Waals surface area contributed by atoms with Crippen LogP contribution in [0.1, 0.15) is 49.8 Å². The maximum Gasteiger partial charge on any atom is 0.410 e. The number of nitrogens with zero attached hydrogens (tertiary/aromatic N) is 4. The van der Waals surface area contributed by atoms with Crippen molar-refractivity contribution in [2.45, 2.75) is 77.7 Å². The zero-order chi connectivity index (χ0) is 26.7. The van der Waals surface area contributed by atoms with Gasteiger partial charge >= 0.3 is 6.09 Å². The van der Waals surface area contributed by atoms with Gasteiger partial charge in [-0.2, -0.15) is 5.26 Å². The molecule has 11 heteroatoms. The SMILES string of the molecule is CC(C)(C)OC(=O)N1CCC(NC(=O)c2nc3c(C#N)c(Cl)ccc3n2COCC[Si](C)(C)C)CC1. The molecule has 0 spiro atoms. The Hall–Kier alpha value is -2.61. The van der Waals surface area contributed by atoms with E-state index in [1.807, 2.05) is 20.8 Å². The van der Waals surface area contributed by atoms with Crippen molar-refractivity contribution in [2.24, 2.45) is 0 Å². The molecule has 1 fully saturated rings. The van der Waals surface area contributed by atoms with Crippen molar-refractivity contribution in [3.8, 4) is 6.07 Å². The Bertz CT molecular complexity index is 1150. The zero-order valence-electron chi connectivity index (χ0n) is 22.0. The highest BCUT2D eigenvalue weighted by Crippen LogP contribution is 2.27.